The van der Waals surface area contributed by atoms with Gasteiger partial charge in [-0.15, -0.1) is 0 Å². The van der Waals surface area contributed by atoms with Crippen molar-refractivity contribution >= 4 is 17.7 Å². The van der Waals surface area contributed by atoms with E-state index in [1.165, 1.54) is 31.4 Å². The predicted molar refractivity (Wildman–Crippen MR) is 92.5 cm³/mol. The fourth-order valence-electron chi connectivity index (χ4n) is 3.54. The molecule has 24 heavy (non-hydrogen) atoms. The number of nitro groups is 1. The lowest BCUT2D eigenvalue weighted by molar-refractivity contribution is -0.384. The Hall–Kier alpha value is -2.21. The van der Waals surface area contributed by atoms with E-state index in [0.29, 0.717) is 6.04 Å². The molecule has 0 aliphatic carbocycles. The Morgan fingerprint density at radius 3 is 2.50 bits per heavy atom. The summed E-state index contributed by atoms with van der Waals surface area (Å²) in [5, 5.41) is 10.6. The minimum absolute atomic E-state index is 0.0252. The number of hydrogen-bond acceptors (Lipinski definition) is 4. The summed E-state index contributed by atoms with van der Waals surface area (Å²) in [6, 6.07) is 6.72. The van der Waals surface area contributed by atoms with Crippen LogP contribution in [-0.2, 0) is 4.79 Å². The molecule has 1 atom stereocenters. The first-order valence-corrected chi connectivity index (χ1v) is 8.59. The van der Waals surface area contributed by atoms with E-state index in [-0.39, 0.29) is 11.6 Å². The number of carbonyl (C=O) groups is 1. The molecular formula is C18H23N3O3. The second-order valence-electron chi connectivity index (χ2n) is 6.51. The molecule has 2 heterocycles. The Morgan fingerprint density at radius 1 is 1.12 bits per heavy atom. The predicted octanol–water partition coefficient (Wildman–Crippen LogP) is 2.69. The van der Waals surface area contributed by atoms with Crippen LogP contribution < -0.4 is 0 Å². The van der Waals surface area contributed by atoms with Crippen LogP contribution in [0.4, 0.5) is 5.69 Å². The number of amides is 1. The van der Waals surface area contributed by atoms with Crippen LogP contribution in [0.15, 0.2) is 30.3 Å². The maximum Gasteiger partial charge on any atom is 0.269 e. The molecule has 128 valence electrons. The number of carbonyl (C=O) groups excluding carboxylic acids is 1. The zero-order valence-corrected chi connectivity index (χ0v) is 13.8. The van der Waals surface area contributed by atoms with Gasteiger partial charge in [-0.2, -0.15) is 0 Å². The maximum absolute atomic E-state index is 12.4. The van der Waals surface area contributed by atoms with Crippen molar-refractivity contribution in [1.82, 2.24) is 9.80 Å². The molecule has 6 nitrogen and oxygen atoms in total. The summed E-state index contributed by atoms with van der Waals surface area (Å²) in [5.41, 5.74) is 0.852. The summed E-state index contributed by atoms with van der Waals surface area (Å²) in [4.78, 5) is 27.1. The second-order valence-corrected chi connectivity index (χ2v) is 6.51. The van der Waals surface area contributed by atoms with Crippen molar-refractivity contribution in [1.29, 1.82) is 0 Å². The minimum Gasteiger partial charge on any atom is -0.338 e. The van der Waals surface area contributed by atoms with E-state index in [1.807, 2.05) is 4.90 Å². The highest BCUT2D eigenvalue weighted by atomic mass is 16.6. The number of likely N-dealkylation sites (tertiary alicyclic amines) is 2. The first-order valence-electron chi connectivity index (χ1n) is 8.59. The Labute approximate surface area is 141 Å². The van der Waals surface area contributed by atoms with Gasteiger partial charge >= 0.3 is 0 Å². The van der Waals surface area contributed by atoms with E-state index >= 15 is 0 Å². The third-order valence-corrected chi connectivity index (χ3v) is 4.89. The summed E-state index contributed by atoms with van der Waals surface area (Å²) >= 11 is 0. The first-order chi connectivity index (χ1) is 11.6. The van der Waals surface area contributed by atoms with Gasteiger partial charge in [-0.25, -0.2) is 0 Å². The third-order valence-electron chi connectivity index (χ3n) is 4.89. The van der Waals surface area contributed by atoms with Crippen LogP contribution in [0, 0.1) is 10.1 Å². The van der Waals surface area contributed by atoms with E-state index < -0.39 is 4.92 Å². The van der Waals surface area contributed by atoms with Crippen LogP contribution in [0.5, 0.6) is 0 Å². The fraction of sp³-hybridized carbons (Fsp3) is 0.500. The Bertz CT molecular complexity index is 621. The summed E-state index contributed by atoms with van der Waals surface area (Å²) in [6.45, 7) is 3.94. The van der Waals surface area contributed by atoms with E-state index in [2.05, 4.69) is 4.90 Å². The van der Waals surface area contributed by atoms with Crippen molar-refractivity contribution in [2.75, 3.05) is 26.2 Å². The van der Waals surface area contributed by atoms with Crippen molar-refractivity contribution in [2.24, 2.45) is 0 Å². The molecule has 0 bridgehead atoms. The number of nitro benzene ring substituents is 1. The first kappa shape index (κ1) is 16.6. The number of benzene rings is 1. The molecule has 1 aromatic carbocycles. The van der Waals surface area contributed by atoms with Crippen LogP contribution >= 0.6 is 0 Å². The van der Waals surface area contributed by atoms with Gasteiger partial charge in [-0.1, -0.05) is 0 Å². The van der Waals surface area contributed by atoms with Crippen molar-refractivity contribution in [3.05, 3.63) is 46.0 Å². The molecule has 6 heteroatoms. The number of hydrogen-bond donors (Lipinski definition) is 0. The summed E-state index contributed by atoms with van der Waals surface area (Å²) in [5.74, 6) is 0.0252. The van der Waals surface area contributed by atoms with E-state index in [4.69, 9.17) is 0 Å². The number of non-ortho nitro benzene ring substituents is 1. The van der Waals surface area contributed by atoms with Gasteiger partial charge in [0, 0.05) is 37.3 Å². The van der Waals surface area contributed by atoms with Gasteiger partial charge in [-0.3, -0.25) is 19.8 Å². The third kappa shape index (κ3) is 4.00. The lowest BCUT2D eigenvalue weighted by Gasteiger charge is -2.37. The van der Waals surface area contributed by atoms with Gasteiger partial charge in [0.05, 0.1) is 4.92 Å². The number of nitrogens with zero attached hydrogens (tertiary/aromatic N) is 3. The molecule has 2 saturated heterocycles. The van der Waals surface area contributed by atoms with Gasteiger partial charge < -0.3 is 4.90 Å². The highest BCUT2D eigenvalue weighted by Crippen LogP contribution is 2.21. The number of piperidine rings is 1. The van der Waals surface area contributed by atoms with Crippen molar-refractivity contribution in [2.45, 2.75) is 31.7 Å². The standard InChI is InChI=1S/C18H23N3O3/c22-18(10-7-15-5-8-16(9-6-15)21(23)24)20-13-3-4-17(14-20)19-11-1-2-12-19/h5-10,17H,1-4,11-14H2/b10-7+. The lowest BCUT2D eigenvalue weighted by Crippen LogP contribution is -2.48. The molecule has 0 radical (unpaired) electrons. The maximum atomic E-state index is 12.4. The van der Waals surface area contributed by atoms with Gasteiger partial charge in [0.25, 0.3) is 5.69 Å². The Morgan fingerprint density at radius 2 is 1.83 bits per heavy atom. The lowest BCUT2D eigenvalue weighted by atomic mass is 10.0. The van der Waals surface area contributed by atoms with E-state index in [0.717, 1.165) is 38.2 Å². The summed E-state index contributed by atoms with van der Waals surface area (Å²) in [6.07, 6.45) is 8.07. The second kappa shape index (κ2) is 7.57. The van der Waals surface area contributed by atoms with Gasteiger partial charge in [-0.05, 0) is 62.5 Å². The van der Waals surface area contributed by atoms with Crippen molar-refractivity contribution in [3.8, 4) is 0 Å². The fourth-order valence-corrected chi connectivity index (χ4v) is 3.54. The van der Waals surface area contributed by atoms with Crippen LogP contribution in [0.25, 0.3) is 6.08 Å². The van der Waals surface area contributed by atoms with Gasteiger partial charge in [0.15, 0.2) is 0 Å². The highest BCUT2D eigenvalue weighted by Gasteiger charge is 2.28. The molecule has 0 spiro atoms. The number of rotatable bonds is 4. The van der Waals surface area contributed by atoms with Crippen molar-refractivity contribution < 1.29 is 9.72 Å². The molecule has 2 aliphatic rings. The quantitative estimate of drug-likeness (QED) is 0.484. The van der Waals surface area contributed by atoms with Crippen LogP contribution in [0.3, 0.4) is 0 Å². The molecule has 3 rings (SSSR count). The molecule has 0 aromatic heterocycles. The monoisotopic (exact) mass is 329 g/mol. The zero-order chi connectivity index (χ0) is 16.9. The normalized spacial score (nSPS) is 22.2. The van der Waals surface area contributed by atoms with Crippen LogP contribution in [0.1, 0.15) is 31.2 Å². The van der Waals surface area contributed by atoms with E-state index in [1.54, 1.807) is 24.3 Å². The zero-order valence-electron chi connectivity index (χ0n) is 13.8. The average molecular weight is 329 g/mol. The molecule has 0 N–H and O–H groups in total. The SMILES string of the molecule is O=C(/C=C/c1ccc([N+](=O)[O-])cc1)N1CCCC(N2CCCC2)C1. The van der Waals surface area contributed by atoms with Crippen molar-refractivity contribution in [3.63, 3.8) is 0 Å². The average Bonchev–Trinajstić information content (AvgIpc) is 3.15. The topological polar surface area (TPSA) is 66.7 Å². The molecule has 1 aromatic rings. The van der Waals surface area contributed by atoms with Crippen LogP contribution in [0.2, 0.25) is 0 Å². The molecule has 0 saturated carbocycles. The largest absolute Gasteiger partial charge is 0.338 e. The summed E-state index contributed by atoms with van der Waals surface area (Å²) < 4.78 is 0. The molecule has 2 aliphatic heterocycles. The molecule has 1 amide bonds. The van der Waals surface area contributed by atoms with Gasteiger partial charge in [0.2, 0.25) is 5.91 Å². The molecule has 1 unspecified atom stereocenters. The Kier molecular flexibility index (Phi) is 5.25. The van der Waals surface area contributed by atoms with E-state index in [9.17, 15) is 14.9 Å². The Balaban J connectivity index is 1.58. The highest BCUT2D eigenvalue weighted by molar-refractivity contribution is 5.91. The molecular weight excluding hydrogens is 306 g/mol. The minimum atomic E-state index is -0.426. The molecule has 2 fully saturated rings. The van der Waals surface area contributed by atoms with Crippen LogP contribution in [-0.4, -0.2) is 52.9 Å². The summed E-state index contributed by atoms with van der Waals surface area (Å²) in [7, 11) is 0. The van der Waals surface area contributed by atoms with Gasteiger partial charge in [0.1, 0.15) is 0 Å². The smallest absolute Gasteiger partial charge is 0.269 e.